The van der Waals surface area contributed by atoms with Gasteiger partial charge in [-0.1, -0.05) is 17.7 Å². The van der Waals surface area contributed by atoms with Gasteiger partial charge in [-0.2, -0.15) is 32.1 Å². The number of pyridine rings is 2. The number of nitrogens with zero attached hydrogens (tertiary/aromatic N) is 7. The van der Waals surface area contributed by atoms with Crippen molar-refractivity contribution in [1.82, 2.24) is 39.3 Å². The number of amides is 2. The Morgan fingerprint density at radius 3 is 2.52 bits per heavy atom. The van der Waals surface area contributed by atoms with E-state index in [1.807, 2.05) is 13.0 Å². The first-order valence-corrected chi connectivity index (χ1v) is 17.3. The average Bonchev–Trinajstić information content (AvgIpc) is 3.88. The van der Waals surface area contributed by atoms with Gasteiger partial charge >= 0.3 is 12.7 Å². The minimum absolute atomic E-state index is 0.0362. The van der Waals surface area contributed by atoms with E-state index < -0.39 is 41.3 Å². The van der Waals surface area contributed by atoms with Crippen LogP contribution in [-0.4, -0.2) is 64.0 Å². The van der Waals surface area contributed by atoms with Crippen LogP contribution in [0.5, 0.6) is 0 Å². The molecule has 17 heteroatoms. The predicted molar refractivity (Wildman–Crippen MR) is 178 cm³/mol. The molecule has 5 heterocycles. The number of likely N-dealkylation sites (tertiary alicyclic amines) is 1. The highest BCUT2D eigenvalue weighted by molar-refractivity contribution is 6.29. The van der Waals surface area contributed by atoms with Gasteiger partial charge in [-0.15, -0.1) is 0 Å². The summed E-state index contributed by atoms with van der Waals surface area (Å²) in [6.45, 7) is 2.08. The zero-order valence-corrected chi connectivity index (χ0v) is 29.3. The Labute approximate surface area is 299 Å². The maximum atomic E-state index is 14.2. The summed E-state index contributed by atoms with van der Waals surface area (Å²) in [5.74, 6) is -1.02. The maximum Gasteiger partial charge on any atom is 0.435 e. The van der Waals surface area contributed by atoms with E-state index in [-0.39, 0.29) is 54.2 Å². The lowest BCUT2D eigenvalue weighted by molar-refractivity contribution is -0.141. The monoisotopic (exact) mass is 746 g/mol. The minimum atomic E-state index is -4.78. The SMILES string of the molecule is Cc1nc(Cl)ccc1[C@H]1C[C@@]12CCN([C@H](Cc1cnn(C(F)F)c1)C(=O)NC(C)(C)Cn1nc(C(F)(F)F)cc1-c1ccn(C3CC3)c(=O)c1)C2=O. The van der Waals surface area contributed by atoms with Crippen LogP contribution in [0.15, 0.2) is 53.7 Å². The molecule has 3 fully saturated rings. The number of halogens is 6. The molecule has 1 N–H and O–H groups in total. The predicted octanol–water partition coefficient (Wildman–Crippen LogP) is 5.93. The summed E-state index contributed by atoms with van der Waals surface area (Å²) in [4.78, 5) is 47.0. The van der Waals surface area contributed by atoms with Crippen LogP contribution in [-0.2, 0) is 28.7 Å². The highest BCUT2D eigenvalue weighted by atomic mass is 35.5. The number of carbonyl (C=O) groups excluding carboxylic acids is 2. The molecule has 2 amide bonds. The van der Waals surface area contributed by atoms with Crippen molar-refractivity contribution in [3.8, 4) is 11.3 Å². The molecular formula is C35H36ClF5N8O3. The molecule has 0 aromatic carbocycles. The molecule has 4 aromatic rings. The summed E-state index contributed by atoms with van der Waals surface area (Å²) in [7, 11) is 0. The Balaban J connectivity index is 1.15. The summed E-state index contributed by atoms with van der Waals surface area (Å²) in [6.07, 6.45) is 1.67. The molecule has 11 nitrogen and oxygen atoms in total. The molecule has 1 spiro atoms. The third kappa shape index (κ3) is 6.84. The molecule has 7 rings (SSSR count). The Morgan fingerprint density at radius 1 is 1.13 bits per heavy atom. The number of hydrogen-bond acceptors (Lipinski definition) is 6. The maximum absolute atomic E-state index is 14.2. The van der Waals surface area contributed by atoms with E-state index in [0.29, 0.717) is 33.9 Å². The van der Waals surface area contributed by atoms with Gasteiger partial charge in [-0.25, -0.2) is 9.67 Å². The van der Waals surface area contributed by atoms with E-state index >= 15 is 0 Å². The second-order valence-electron chi connectivity index (χ2n) is 14.6. The topological polar surface area (TPSA) is 120 Å². The molecule has 0 unspecified atom stereocenters. The van der Waals surface area contributed by atoms with Gasteiger partial charge < -0.3 is 14.8 Å². The number of alkyl halides is 5. The number of nitrogens with one attached hydrogen (secondary N) is 1. The largest absolute Gasteiger partial charge is 0.435 e. The van der Waals surface area contributed by atoms with E-state index in [9.17, 15) is 36.3 Å². The van der Waals surface area contributed by atoms with Gasteiger partial charge in [-0.3, -0.25) is 19.1 Å². The molecular weight excluding hydrogens is 711 g/mol. The number of rotatable bonds is 11. The Kier molecular flexibility index (Phi) is 8.82. The Bertz CT molecular complexity index is 2110. The summed E-state index contributed by atoms with van der Waals surface area (Å²) in [5, 5.41) is 10.7. The van der Waals surface area contributed by atoms with Crippen LogP contribution in [0.4, 0.5) is 22.0 Å². The van der Waals surface area contributed by atoms with Gasteiger partial charge in [-0.05, 0) is 75.8 Å². The lowest BCUT2D eigenvalue weighted by Crippen LogP contribution is -2.56. The van der Waals surface area contributed by atoms with Gasteiger partial charge in [0.2, 0.25) is 11.8 Å². The van der Waals surface area contributed by atoms with Crippen molar-refractivity contribution >= 4 is 23.4 Å². The highest BCUT2D eigenvalue weighted by Crippen LogP contribution is 2.65. The van der Waals surface area contributed by atoms with Crippen LogP contribution >= 0.6 is 11.6 Å². The number of carbonyl (C=O) groups is 2. The van der Waals surface area contributed by atoms with Crippen LogP contribution in [0.2, 0.25) is 5.15 Å². The van der Waals surface area contributed by atoms with Gasteiger partial charge in [0.05, 0.1) is 29.4 Å². The van der Waals surface area contributed by atoms with Crippen molar-refractivity contribution in [3.05, 3.63) is 86.9 Å². The fourth-order valence-electron chi connectivity index (χ4n) is 7.45. The van der Waals surface area contributed by atoms with Crippen LogP contribution in [0.1, 0.15) is 80.6 Å². The van der Waals surface area contributed by atoms with Gasteiger partial charge in [0.1, 0.15) is 11.2 Å². The van der Waals surface area contributed by atoms with Gasteiger partial charge in [0, 0.05) is 54.6 Å². The van der Waals surface area contributed by atoms with E-state index in [1.165, 1.54) is 17.2 Å². The van der Waals surface area contributed by atoms with Gasteiger partial charge in [0.25, 0.3) is 5.56 Å². The molecule has 0 radical (unpaired) electrons. The fourth-order valence-corrected chi connectivity index (χ4v) is 7.64. The second kappa shape index (κ2) is 12.8. The van der Waals surface area contributed by atoms with Crippen molar-refractivity contribution in [1.29, 1.82) is 0 Å². The number of aryl methyl sites for hydroxylation is 1. The first kappa shape index (κ1) is 35.8. The first-order chi connectivity index (χ1) is 24.5. The molecule has 3 aliphatic rings. The average molecular weight is 747 g/mol. The molecule has 1 saturated heterocycles. The minimum Gasteiger partial charge on any atom is -0.348 e. The molecule has 2 aliphatic carbocycles. The molecule has 4 aromatic heterocycles. The van der Waals surface area contributed by atoms with Crippen molar-refractivity contribution < 1.29 is 31.5 Å². The van der Waals surface area contributed by atoms with E-state index in [4.69, 9.17) is 11.6 Å². The third-order valence-corrected chi connectivity index (χ3v) is 10.5. The highest BCUT2D eigenvalue weighted by Gasteiger charge is 2.65. The van der Waals surface area contributed by atoms with E-state index in [1.54, 1.807) is 36.7 Å². The quantitative estimate of drug-likeness (QED) is 0.150. The molecule has 1 aliphatic heterocycles. The standard InChI is InChI=1S/C35H36ClF5N8O3/c1-19-23(6-7-28(36)43-19)24-15-34(24)9-11-47(31(34)52)26(12-20-16-42-48(17-20)32(37)38)30(51)44-33(2,3)18-49-25(14-27(45-49)35(39,40)41)21-8-10-46(22-4-5-22)29(50)13-21/h6-8,10,13-14,16-17,22,24,26,32H,4-5,9,11-12,15,18H2,1-3H3,(H,44,51)/t24-,26-,34+/m1/s1. The summed E-state index contributed by atoms with van der Waals surface area (Å²) >= 11 is 6.06. The summed E-state index contributed by atoms with van der Waals surface area (Å²) in [5.41, 5.74) is -1.36. The third-order valence-electron chi connectivity index (χ3n) is 10.3. The fraction of sp³-hybridized carbons (Fsp3) is 0.486. The van der Waals surface area contributed by atoms with Crippen LogP contribution in [0.25, 0.3) is 11.3 Å². The lowest BCUT2D eigenvalue weighted by Gasteiger charge is -2.33. The van der Waals surface area contributed by atoms with E-state index in [2.05, 4.69) is 20.5 Å². The van der Waals surface area contributed by atoms with E-state index in [0.717, 1.165) is 35.4 Å². The Morgan fingerprint density at radius 2 is 1.88 bits per heavy atom. The lowest BCUT2D eigenvalue weighted by atomic mass is 9.96. The molecule has 0 bridgehead atoms. The second-order valence-corrected chi connectivity index (χ2v) is 15.0. The van der Waals surface area contributed by atoms with Gasteiger partial charge in [0.15, 0.2) is 5.69 Å². The number of hydrogen-bond donors (Lipinski definition) is 1. The van der Waals surface area contributed by atoms with Crippen LogP contribution < -0.4 is 10.9 Å². The smallest absolute Gasteiger partial charge is 0.348 e. The zero-order chi connectivity index (χ0) is 37.3. The van der Waals surface area contributed by atoms with Crippen molar-refractivity contribution in [3.63, 3.8) is 0 Å². The summed E-state index contributed by atoms with van der Waals surface area (Å²) < 4.78 is 71.6. The van der Waals surface area contributed by atoms with Crippen molar-refractivity contribution in [2.75, 3.05) is 6.54 Å². The van der Waals surface area contributed by atoms with Crippen LogP contribution in [0, 0.1) is 12.3 Å². The molecule has 2 saturated carbocycles. The Hall–Kier alpha value is -4.60. The number of aromatic nitrogens is 6. The first-order valence-electron chi connectivity index (χ1n) is 16.9. The summed E-state index contributed by atoms with van der Waals surface area (Å²) in [6, 6.07) is 6.14. The zero-order valence-electron chi connectivity index (χ0n) is 28.5. The normalized spacial score (nSPS) is 21.0. The van der Waals surface area contributed by atoms with Crippen LogP contribution in [0.3, 0.4) is 0 Å². The molecule has 52 heavy (non-hydrogen) atoms. The molecule has 276 valence electrons. The van der Waals surface area contributed by atoms with Crippen molar-refractivity contribution in [2.24, 2.45) is 5.41 Å². The molecule has 3 atom stereocenters. The van der Waals surface area contributed by atoms with Crippen molar-refractivity contribution in [2.45, 2.75) is 95.7 Å².